The van der Waals surface area contributed by atoms with Crippen molar-refractivity contribution in [3.05, 3.63) is 24.8 Å². The normalized spacial score (nSPS) is 22.4. The van der Waals surface area contributed by atoms with E-state index in [4.69, 9.17) is 5.11 Å². The van der Waals surface area contributed by atoms with Gasteiger partial charge in [0.15, 0.2) is 0 Å². The van der Waals surface area contributed by atoms with Gasteiger partial charge in [-0.2, -0.15) is 0 Å². The van der Waals surface area contributed by atoms with E-state index >= 15 is 0 Å². The fourth-order valence-electron chi connectivity index (χ4n) is 1.67. The molecule has 62 valence electrons. The van der Waals surface area contributed by atoms with E-state index in [1.165, 1.54) is 0 Å². The minimum Gasteiger partial charge on any atom is -0.396 e. The Morgan fingerprint density at radius 1 is 1.73 bits per heavy atom. The van der Waals surface area contributed by atoms with E-state index < -0.39 is 0 Å². The van der Waals surface area contributed by atoms with Crippen molar-refractivity contribution in [1.82, 2.24) is 0 Å². The van der Waals surface area contributed by atoms with Crippen molar-refractivity contribution in [3.63, 3.8) is 0 Å². The molecular weight excluding hydrogens is 136 g/mol. The first-order chi connectivity index (χ1) is 5.16. The Morgan fingerprint density at radius 2 is 2.27 bits per heavy atom. The largest absolute Gasteiger partial charge is 0.396 e. The van der Waals surface area contributed by atoms with Gasteiger partial charge >= 0.3 is 0 Å². The quantitative estimate of drug-likeness (QED) is 0.612. The molecule has 0 amide bonds. The predicted molar refractivity (Wildman–Crippen MR) is 47.3 cm³/mol. The number of rotatable bonds is 4. The van der Waals surface area contributed by atoms with Crippen molar-refractivity contribution in [2.24, 2.45) is 11.3 Å². The third-order valence-electron chi connectivity index (χ3n) is 2.71. The first-order valence-electron chi connectivity index (χ1n) is 4.06. The monoisotopic (exact) mass is 152 g/mol. The van der Waals surface area contributed by atoms with E-state index in [1.54, 1.807) is 0 Å². The van der Waals surface area contributed by atoms with Gasteiger partial charge in [-0.15, -0.1) is 6.58 Å². The van der Waals surface area contributed by atoms with Gasteiger partial charge in [-0.3, -0.25) is 0 Å². The van der Waals surface area contributed by atoms with Crippen LogP contribution in [0.5, 0.6) is 0 Å². The maximum atomic E-state index is 9.09. The topological polar surface area (TPSA) is 20.2 Å². The lowest BCUT2D eigenvalue weighted by Crippen LogP contribution is -2.18. The van der Waals surface area contributed by atoms with Crippen LogP contribution in [0.1, 0.15) is 19.8 Å². The van der Waals surface area contributed by atoms with Crippen molar-refractivity contribution in [1.29, 1.82) is 0 Å². The molecule has 1 aliphatic rings. The minimum absolute atomic E-state index is 0.195. The molecule has 1 rings (SSSR count). The molecule has 1 heteroatoms. The zero-order chi connectivity index (χ0) is 8.48. The lowest BCUT2D eigenvalue weighted by Gasteiger charge is -2.21. The maximum Gasteiger partial charge on any atom is 0.0504 e. The first-order valence-corrected chi connectivity index (χ1v) is 4.06. The summed E-state index contributed by atoms with van der Waals surface area (Å²) < 4.78 is 0. The maximum absolute atomic E-state index is 9.09. The van der Waals surface area contributed by atoms with Crippen LogP contribution in [0.15, 0.2) is 24.8 Å². The molecule has 1 atom stereocenters. The molecule has 1 aliphatic carbocycles. The summed E-state index contributed by atoms with van der Waals surface area (Å²) in [5, 5.41) is 9.09. The Balaban J connectivity index is 2.69. The molecule has 0 aromatic carbocycles. The van der Waals surface area contributed by atoms with Crippen LogP contribution in [-0.4, -0.2) is 11.7 Å². The fraction of sp³-hybridized carbons (Fsp3) is 0.600. The second kappa shape index (κ2) is 2.82. The van der Waals surface area contributed by atoms with Gasteiger partial charge in [0.2, 0.25) is 0 Å². The molecule has 1 fully saturated rings. The second-order valence-electron chi connectivity index (χ2n) is 3.52. The third-order valence-corrected chi connectivity index (χ3v) is 2.71. The van der Waals surface area contributed by atoms with E-state index in [2.05, 4.69) is 13.2 Å². The molecular formula is C10H16O. The molecule has 0 saturated heterocycles. The highest BCUT2D eigenvalue weighted by atomic mass is 16.3. The van der Waals surface area contributed by atoms with Gasteiger partial charge in [-0.1, -0.05) is 18.2 Å². The lowest BCUT2D eigenvalue weighted by atomic mass is 9.85. The lowest BCUT2D eigenvalue weighted by molar-refractivity contribution is 0.209. The number of hydrogen-bond donors (Lipinski definition) is 1. The average Bonchev–Trinajstić information content (AvgIpc) is 2.70. The van der Waals surface area contributed by atoms with Crippen LogP contribution in [0, 0.1) is 11.3 Å². The summed E-state index contributed by atoms with van der Waals surface area (Å²) in [5.41, 5.74) is 1.27. The Bertz CT molecular complexity index is 177. The molecule has 0 bridgehead atoms. The van der Waals surface area contributed by atoms with Crippen LogP contribution in [0.3, 0.4) is 0 Å². The molecule has 0 aromatic heterocycles. The van der Waals surface area contributed by atoms with Crippen LogP contribution in [0.4, 0.5) is 0 Å². The van der Waals surface area contributed by atoms with Crippen LogP contribution in [0.2, 0.25) is 0 Å². The van der Waals surface area contributed by atoms with Crippen molar-refractivity contribution in [3.8, 4) is 0 Å². The highest BCUT2D eigenvalue weighted by molar-refractivity contribution is 5.17. The Morgan fingerprint density at radius 3 is 2.36 bits per heavy atom. The third kappa shape index (κ3) is 1.38. The average molecular weight is 152 g/mol. The van der Waals surface area contributed by atoms with Crippen LogP contribution in [-0.2, 0) is 0 Å². The van der Waals surface area contributed by atoms with Gasteiger partial charge in [0.05, 0.1) is 6.61 Å². The molecule has 1 saturated carbocycles. The van der Waals surface area contributed by atoms with Gasteiger partial charge in [0, 0.05) is 5.92 Å². The Hall–Kier alpha value is -0.560. The molecule has 0 heterocycles. The SMILES string of the molecule is C=CC1(C(CO)C(=C)C)CC1. The van der Waals surface area contributed by atoms with Gasteiger partial charge in [0.25, 0.3) is 0 Å². The summed E-state index contributed by atoms with van der Waals surface area (Å²) in [4.78, 5) is 0. The van der Waals surface area contributed by atoms with Crippen LogP contribution < -0.4 is 0 Å². The molecule has 1 nitrogen and oxygen atoms in total. The van der Waals surface area contributed by atoms with Gasteiger partial charge < -0.3 is 5.11 Å². The van der Waals surface area contributed by atoms with Crippen LogP contribution in [0.25, 0.3) is 0 Å². The molecule has 0 spiro atoms. The van der Waals surface area contributed by atoms with E-state index in [1.807, 2.05) is 13.0 Å². The predicted octanol–water partition coefficient (Wildman–Crippen LogP) is 2.14. The van der Waals surface area contributed by atoms with Gasteiger partial charge in [0.1, 0.15) is 0 Å². The summed E-state index contributed by atoms with van der Waals surface area (Å²) in [6, 6.07) is 0. The van der Waals surface area contributed by atoms with E-state index in [-0.39, 0.29) is 17.9 Å². The van der Waals surface area contributed by atoms with Crippen molar-refractivity contribution in [2.75, 3.05) is 6.61 Å². The molecule has 0 aromatic rings. The highest BCUT2D eigenvalue weighted by Crippen LogP contribution is 2.54. The van der Waals surface area contributed by atoms with Crippen LogP contribution >= 0.6 is 0 Å². The standard InChI is InChI=1S/C10H16O/c1-4-10(5-6-10)9(7-11)8(2)3/h4,9,11H,1-2,5-7H2,3H3. The van der Waals surface area contributed by atoms with E-state index in [0.29, 0.717) is 0 Å². The molecule has 1 unspecified atom stereocenters. The van der Waals surface area contributed by atoms with Crippen molar-refractivity contribution >= 4 is 0 Å². The zero-order valence-electron chi connectivity index (χ0n) is 7.14. The summed E-state index contributed by atoms with van der Waals surface area (Å²) in [6.45, 7) is 9.85. The Kier molecular flexibility index (Phi) is 2.19. The molecule has 0 aliphatic heterocycles. The summed E-state index contributed by atoms with van der Waals surface area (Å²) in [5.74, 6) is 0.236. The summed E-state index contributed by atoms with van der Waals surface area (Å²) >= 11 is 0. The zero-order valence-corrected chi connectivity index (χ0v) is 7.14. The summed E-state index contributed by atoms with van der Waals surface area (Å²) in [7, 11) is 0. The van der Waals surface area contributed by atoms with Gasteiger partial charge in [-0.05, 0) is 25.2 Å². The minimum atomic E-state index is 0.195. The molecule has 0 radical (unpaired) electrons. The number of allylic oxidation sites excluding steroid dienone is 1. The fourth-order valence-corrected chi connectivity index (χ4v) is 1.67. The molecule has 11 heavy (non-hydrogen) atoms. The highest BCUT2D eigenvalue weighted by Gasteiger charge is 2.46. The first kappa shape index (κ1) is 8.54. The van der Waals surface area contributed by atoms with E-state index in [0.717, 1.165) is 18.4 Å². The summed E-state index contributed by atoms with van der Waals surface area (Å²) in [6.07, 6.45) is 4.30. The van der Waals surface area contributed by atoms with Crippen molar-refractivity contribution < 1.29 is 5.11 Å². The Labute approximate surface area is 68.4 Å². The number of hydrogen-bond acceptors (Lipinski definition) is 1. The number of aliphatic hydroxyl groups is 1. The second-order valence-corrected chi connectivity index (χ2v) is 3.52. The van der Waals surface area contributed by atoms with Crippen molar-refractivity contribution in [2.45, 2.75) is 19.8 Å². The van der Waals surface area contributed by atoms with E-state index in [9.17, 15) is 0 Å². The smallest absolute Gasteiger partial charge is 0.0504 e. The number of aliphatic hydroxyl groups excluding tert-OH is 1. The molecule has 1 N–H and O–H groups in total. The van der Waals surface area contributed by atoms with Gasteiger partial charge in [-0.25, -0.2) is 0 Å².